The van der Waals surface area contributed by atoms with E-state index in [0.29, 0.717) is 31.5 Å². The Kier molecular flexibility index (Phi) is 5.10. The molecule has 0 bridgehead atoms. The van der Waals surface area contributed by atoms with Crippen LogP contribution in [0.2, 0.25) is 0 Å². The van der Waals surface area contributed by atoms with E-state index < -0.39 is 0 Å². The first-order valence-electron chi connectivity index (χ1n) is 7.23. The maximum absolute atomic E-state index is 13.5. The van der Waals surface area contributed by atoms with Crippen molar-refractivity contribution < 1.29 is 13.9 Å². The van der Waals surface area contributed by atoms with Gasteiger partial charge in [0.15, 0.2) is 0 Å². The summed E-state index contributed by atoms with van der Waals surface area (Å²) in [6.07, 6.45) is 0. The average Bonchev–Trinajstić information content (AvgIpc) is 3.02. The van der Waals surface area contributed by atoms with Crippen LogP contribution in [0.1, 0.15) is 15.9 Å². The molecule has 0 fully saturated rings. The van der Waals surface area contributed by atoms with Crippen LogP contribution < -0.4 is 10.1 Å². The molecule has 1 amide bonds. The molecular formula is C17H13BrFN3O2S. The van der Waals surface area contributed by atoms with Crippen molar-refractivity contribution in [2.75, 3.05) is 12.4 Å². The van der Waals surface area contributed by atoms with Crippen LogP contribution in [-0.2, 0) is 0 Å². The van der Waals surface area contributed by atoms with Crippen LogP contribution in [0.4, 0.5) is 9.52 Å². The van der Waals surface area contributed by atoms with E-state index in [2.05, 4.69) is 31.4 Å². The quantitative estimate of drug-likeness (QED) is 0.664. The lowest BCUT2D eigenvalue weighted by atomic mass is 10.1. The van der Waals surface area contributed by atoms with Crippen LogP contribution in [0.25, 0.3) is 10.6 Å². The van der Waals surface area contributed by atoms with E-state index in [1.807, 2.05) is 19.1 Å². The summed E-state index contributed by atoms with van der Waals surface area (Å²) in [5.74, 6) is -0.232. The molecule has 3 rings (SSSR count). The summed E-state index contributed by atoms with van der Waals surface area (Å²) in [5.41, 5.74) is 1.81. The molecule has 128 valence electrons. The van der Waals surface area contributed by atoms with Crippen molar-refractivity contribution in [2.45, 2.75) is 6.92 Å². The van der Waals surface area contributed by atoms with Crippen molar-refractivity contribution in [3.05, 3.63) is 57.8 Å². The van der Waals surface area contributed by atoms with Crippen LogP contribution in [-0.4, -0.2) is 23.2 Å². The highest BCUT2D eigenvalue weighted by molar-refractivity contribution is 9.10. The van der Waals surface area contributed by atoms with Crippen LogP contribution in [0, 0.1) is 12.7 Å². The molecule has 0 aliphatic carbocycles. The molecule has 3 aromatic rings. The van der Waals surface area contributed by atoms with Gasteiger partial charge in [-0.3, -0.25) is 10.1 Å². The van der Waals surface area contributed by atoms with Gasteiger partial charge in [-0.2, -0.15) is 0 Å². The average molecular weight is 422 g/mol. The molecule has 0 spiro atoms. The molecule has 2 aromatic carbocycles. The van der Waals surface area contributed by atoms with Crippen molar-refractivity contribution in [3.8, 4) is 16.3 Å². The van der Waals surface area contributed by atoms with Gasteiger partial charge in [0.2, 0.25) is 5.13 Å². The van der Waals surface area contributed by atoms with Gasteiger partial charge in [0, 0.05) is 10.0 Å². The highest BCUT2D eigenvalue weighted by Gasteiger charge is 2.17. The van der Waals surface area contributed by atoms with Crippen molar-refractivity contribution in [1.29, 1.82) is 0 Å². The minimum Gasteiger partial charge on any atom is -0.496 e. The van der Waals surface area contributed by atoms with Crippen LogP contribution in [0.5, 0.6) is 5.75 Å². The summed E-state index contributed by atoms with van der Waals surface area (Å²) in [5, 5.41) is 11.5. The fourth-order valence-corrected chi connectivity index (χ4v) is 3.52. The number of anilines is 1. The molecule has 5 nitrogen and oxygen atoms in total. The van der Waals surface area contributed by atoms with Gasteiger partial charge in [-0.05, 0) is 36.8 Å². The predicted molar refractivity (Wildman–Crippen MR) is 98.7 cm³/mol. The van der Waals surface area contributed by atoms with Crippen molar-refractivity contribution in [3.63, 3.8) is 0 Å². The van der Waals surface area contributed by atoms with E-state index in [4.69, 9.17) is 4.74 Å². The second kappa shape index (κ2) is 7.28. The van der Waals surface area contributed by atoms with E-state index in [-0.39, 0.29) is 11.7 Å². The van der Waals surface area contributed by atoms with Crippen molar-refractivity contribution >= 4 is 38.3 Å². The van der Waals surface area contributed by atoms with Gasteiger partial charge in [-0.25, -0.2) is 4.39 Å². The van der Waals surface area contributed by atoms with Gasteiger partial charge < -0.3 is 4.74 Å². The molecule has 1 heterocycles. The summed E-state index contributed by atoms with van der Waals surface area (Å²) in [6.45, 7) is 1.83. The van der Waals surface area contributed by atoms with Gasteiger partial charge in [0.25, 0.3) is 5.91 Å². The van der Waals surface area contributed by atoms with E-state index in [1.54, 1.807) is 12.1 Å². The lowest BCUT2D eigenvalue weighted by Gasteiger charge is -2.10. The third-order valence-electron chi connectivity index (χ3n) is 3.44. The number of carbonyl (C=O) groups excluding carboxylic acids is 1. The number of hydrogen-bond donors (Lipinski definition) is 1. The number of rotatable bonds is 4. The zero-order chi connectivity index (χ0) is 18.0. The first-order chi connectivity index (χ1) is 12.0. The fourth-order valence-electron chi connectivity index (χ4n) is 2.33. The first-order valence-corrected chi connectivity index (χ1v) is 8.84. The van der Waals surface area contributed by atoms with E-state index >= 15 is 0 Å². The molecule has 0 aliphatic rings. The molecule has 1 aromatic heterocycles. The number of amides is 1. The lowest BCUT2D eigenvalue weighted by Crippen LogP contribution is -2.14. The van der Waals surface area contributed by atoms with Gasteiger partial charge in [-0.15, -0.1) is 10.2 Å². The Balaban J connectivity index is 1.86. The van der Waals surface area contributed by atoms with E-state index in [1.165, 1.54) is 19.2 Å². The van der Waals surface area contributed by atoms with Crippen LogP contribution in [0.15, 0.2) is 40.9 Å². The number of nitrogens with zero attached hydrogens (tertiary/aromatic N) is 2. The molecule has 0 saturated heterocycles. The predicted octanol–water partition coefficient (Wildman–Crippen LogP) is 4.68. The van der Waals surface area contributed by atoms with E-state index in [0.717, 1.165) is 16.9 Å². The van der Waals surface area contributed by atoms with Gasteiger partial charge in [0.05, 0.1) is 12.7 Å². The highest BCUT2D eigenvalue weighted by atomic mass is 79.9. The largest absolute Gasteiger partial charge is 0.496 e. The maximum atomic E-state index is 13.5. The minimum absolute atomic E-state index is 0.325. The Morgan fingerprint density at radius 1 is 1.28 bits per heavy atom. The monoisotopic (exact) mass is 421 g/mol. The molecular weight excluding hydrogens is 409 g/mol. The second-order valence-corrected chi connectivity index (χ2v) is 7.07. The maximum Gasteiger partial charge on any atom is 0.261 e. The summed E-state index contributed by atoms with van der Waals surface area (Å²) in [6, 6.07) is 9.82. The van der Waals surface area contributed by atoms with Crippen LogP contribution >= 0.6 is 27.3 Å². The number of aryl methyl sites for hydroxylation is 1. The molecule has 0 unspecified atom stereocenters. The van der Waals surface area contributed by atoms with E-state index in [9.17, 15) is 9.18 Å². The molecule has 8 heteroatoms. The summed E-state index contributed by atoms with van der Waals surface area (Å²) < 4.78 is 19.4. The third-order valence-corrected chi connectivity index (χ3v) is 4.78. The number of methoxy groups -OCH3 is 1. The number of halogens is 2. The Hall–Kier alpha value is -2.32. The number of ether oxygens (including phenoxy) is 1. The van der Waals surface area contributed by atoms with Crippen molar-refractivity contribution in [2.24, 2.45) is 0 Å². The second-order valence-electron chi connectivity index (χ2n) is 5.18. The number of benzene rings is 2. The SMILES string of the molecule is COc1cccc(C)c1C(=O)Nc1nnc(-c2cc(F)cc(Br)c2)s1. The number of carbonyl (C=O) groups is 1. The Morgan fingerprint density at radius 3 is 2.80 bits per heavy atom. The zero-order valence-electron chi connectivity index (χ0n) is 13.3. The minimum atomic E-state index is -0.380. The van der Waals surface area contributed by atoms with Gasteiger partial charge >= 0.3 is 0 Å². The Labute approximate surface area is 156 Å². The zero-order valence-corrected chi connectivity index (χ0v) is 15.7. The topological polar surface area (TPSA) is 64.1 Å². The molecule has 0 atom stereocenters. The summed E-state index contributed by atoms with van der Waals surface area (Å²) in [7, 11) is 1.51. The van der Waals surface area contributed by atoms with Gasteiger partial charge in [-0.1, -0.05) is 39.4 Å². The molecule has 1 N–H and O–H groups in total. The van der Waals surface area contributed by atoms with Crippen molar-refractivity contribution in [1.82, 2.24) is 10.2 Å². The fraction of sp³-hybridized carbons (Fsp3) is 0.118. The van der Waals surface area contributed by atoms with Crippen LogP contribution in [0.3, 0.4) is 0 Å². The number of hydrogen-bond acceptors (Lipinski definition) is 5. The molecule has 25 heavy (non-hydrogen) atoms. The lowest BCUT2D eigenvalue weighted by molar-refractivity contribution is 0.102. The first kappa shape index (κ1) is 17.5. The smallest absolute Gasteiger partial charge is 0.261 e. The third kappa shape index (κ3) is 3.85. The summed E-state index contributed by atoms with van der Waals surface area (Å²) in [4.78, 5) is 12.5. The summed E-state index contributed by atoms with van der Waals surface area (Å²) >= 11 is 4.41. The molecule has 0 aliphatic heterocycles. The molecule has 0 radical (unpaired) electrons. The highest BCUT2D eigenvalue weighted by Crippen LogP contribution is 2.30. The molecule has 0 saturated carbocycles. The standard InChI is InChI=1S/C17H13BrFN3O2S/c1-9-4-3-5-13(24-2)14(9)15(23)20-17-22-21-16(25-17)10-6-11(18)8-12(19)7-10/h3-8H,1-2H3,(H,20,22,23). The number of nitrogens with one attached hydrogen (secondary N) is 1. The van der Waals surface area contributed by atoms with Gasteiger partial charge in [0.1, 0.15) is 16.6 Å². The number of aromatic nitrogens is 2. The normalized spacial score (nSPS) is 10.6. The Bertz CT molecular complexity index is 925. The Morgan fingerprint density at radius 2 is 2.08 bits per heavy atom.